The van der Waals surface area contributed by atoms with Gasteiger partial charge in [0.05, 0.1) is 0 Å². The molecule has 0 aromatic carbocycles. The Bertz CT molecular complexity index is 298. The van der Waals surface area contributed by atoms with Crippen LogP contribution in [0.15, 0.2) is 12.2 Å². The Kier molecular flexibility index (Phi) is 2.64. The lowest BCUT2D eigenvalue weighted by molar-refractivity contribution is -0.153. The van der Waals surface area contributed by atoms with E-state index < -0.39 is 11.5 Å². The molecule has 1 N–H and O–H groups in total. The molecular weight excluding hydrogens is 182 g/mol. The van der Waals surface area contributed by atoms with Crippen LogP contribution in [0.3, 0.4) is 0 Å². The van der Waals surface area contributed by atoms with Gasteiger partial charge in [0.1, 0.15) is 5.54 Å². The number of nitrogens with zero attached hydrogens (tertiary/aromatic N) is 1. The summed E-state index contributed by atoms with van der Waals surface area (Å²) in [6, 6.07) is 0. The van der Waals surface area contributed by atoms with Crippen molar-refractivity contribution in [3.8, 4) is 0 Å². The fourth-order valence-electron chi connectivity index (χ4n) is 1.74. The van der Waals surface area contributed by atoms with Crippen LogP contribution in [-0.4, -0.2) is 34.0 Å². The molecule has 1 rings (SSSR count). The van der Waals surface area contributed by atoms with Gasteiger partial charge in [-0.05, 0) is 26.7 Å². The van der Waals surface area contributed by atoms with E-state index in [1.165, 1.54) is 4.90 Å². The molecule has 78 valence electrons. The predicted octanol–water partition coefficient (Wildman–Crippen LogP) is 1.03. The zero-order valence-electron chi connectivity index (χ0n) is 8.54. The Morgan fingerprint density at radius 2 is 2.07 bits per heavy atom. The smallest absolute Gasteiger partial charge is 0.329 e. The van der Waals surface area contributed by atoms with Gasteiger partial charge in [-0.2, -0.15) is 0 Å². The number of carboxylic acids is 1. The van der Waals surface area contributed by atoms with Crippen molar-refractivity contribution in [2.24, 2.45) is 0 Å². The number of hydrogen-bond donors (Lipinski definition) is 1. The second-order valence-electron chi connectivity index (χ2n) is 3.92. The number of likely N-dealkylation sites (tertiary alicyclic amines) is 1. The molecule has 4 heteroatoms. The van der Waals surface area contributed by atoms with Gasteiger partial charge in [0.15, 0.2) is 0 Å². The summed E-state index contributed by atoms with van der Waals surface area (Å²) in [7, 11) is 0. The van der Waals surface area contributed by atoms with Crippen LogP contribution in [0.5, 0.6) is 0 Å². The summed E-state index contributed by atoms with van der Waals surface area (Å²) < 4.78 is 0. The summed E-state index contributed by atoms with van der Waals surface area (Å²) in [6.45, 7) is 7.24. The minimum Gasteiger partial charge on any atom is -0.480 e. The minimum atomic E-state index is -1.05. The summed E-state index contributed by atoms with van der Waals surface area (Å²) in [5, 5.41) is 9.05. The highest BCUT2D eigenvalue weighted by Gasteiger charge is 2.45. The van der Waals surface area contributed by atoms with E-state index in [4.69, 9.17) is 5.11 Å². The average Bonchev–Trinajstić information content (AvgIpc) is 2.47. The van der Waals surface area contributed by atoms with Crippen LogP contribution >= 0.6 is 0 Å². The van der Waals surface area contributed by atoms with E-state index in [1.807, 2.05) is 0 Å². The predicted molar refractivity (Wildman–Crippen MR) is 51.8 cm³/mol. The number of hydrogen-bond acceptors (Lipinski definition) is 2. The maximum Gasteiger partial charge on any atom is 0.329 e. The highest BCUT2D eigenvalue weighted by Crippen LogP contribution is 2.30. The highest BCUT2D eigenvalue weighted by molar-refractivity contribution is 5.96. The molecule has 1 atom stereocenters. The Morgan fingerprint density at radius 3 is 2.50 bits per heavy atom. The third kappa shape index (κ3) is 1.52. The van der Waals surface area contributed by atoms with Crippen molar-refractivity contribution in [1.82, 2.24) is 4.90 Å². The van der Waals surface area contributed by atoms with Crippen molar-refractivity contribution in [2.45, 2.75) is 32.2 Å². The molecule has 1 aliphatic heterocycles. The number of rotatable bonds is 2. The van der Waals surface area contributed by atoms with Gasteiger partial charge in [-0.15, -0.1) is 0 Å². The molecule has 0 saturated carbocycles. The van der Waals surface area contributed by atoms with E-state index >= 15 is 0 Å². The first-order valence-corrected chi connectivity index (χ1v) is 4.60. The molecule has 0 unspecified atom stereocenters. The zero-order chi connectivity index (χ0) is 10.9. The molecule has 0 radical (unpaired) electrons. The van der Waals surface area contributed by atoms with E-state index in [0.717, 1.165) is 6.42 Å². The molecule has 0 aromatic rings. The third-order valence-electron chi connectivity index (χ3n) is 2.71. The Labute approximate surface area is 83.2 Å². The van der Waals surface area contributed by atoms with Crippen LogP contribution in [-0.2, 0) is 9.59 Å². The van der Waals surface area contributed by atoms with Crippen LogP contribution in [0, 0.1) is 0 Å². The Hall–Kier alpha value is -1.32. The molecule has 1 fully saturated rings. The number of carboxylic acid groups (broad SMARTS) is 1. The summed E-state index contributed by atoms with van der Waals surface area (Å²) in [5.41, 5.74) is -0.657. The average molecular weight is 197 g/mol. The lowest BCUT2D eigenvalue weighted by Crippen LogP contribution is -2.50. The van der Waals surface area contributed by atoms with Crippen molar-refractivity contribution >= 4 is 11.9 Å². The van der Waals surface area contributed by atoms with Crippen molar-refractivity contribution in [2.75, 3.05) is 6.54 Å². The lowest BCUT2D eigenvalue weighted by Gasteiger charge is -2.31. The molecule has 1 aliphatic rings. The first-order valence-electron chi connectivity index (χ1n) is 4.60. The van der Waals surface area contributed by atoms with E-state index in [1.54, 1.807) is 13.8 Å². The zero-order valence-corrected chi connectivity index (χ0v) is 8.54. The molecule has 0 spiro atoms. The van der Waals surface area contributed by atoms with Gasteiger partial charge in [-0.1, -0.05) is 6.58 Å². The van der Waals surface area contributed by atoms with E-state index in [-0.39, 0.29) is 5.91 Å². The molecule has 4 nitrogen and oxygen atoms in total. The van der Waals surface area contributed by atoms with Gasteiger partial charge < -0.3 is 10.0 Å². The molecule has 1 amide bonds. The maximum atomic E-state index is 11.6. The normalized spacial score (nSPS) is 26.3. The van der Waals surface area contributed by atoms with Crippen molar-refractivity contribution < 1.29 is 14.7 Å². The van der Waals surface area contributed by atoms with E-state index in [2.05, 4.69) is 6.58 Å². The quantitative estimate of drug-likeness (QED) is 0.672. The van der Waals surface area contributed by atoms with Crippen LogP contribution in [0.2, 0.25) is 0 Å². The monoisotopic (exact) mass is 197 g/mol. The second kappa shape index (κ2) is 3.44. The SMILES string of the molecule is C=C(C)C(=O)N1CCC[C@]1(C)C(=O)O. The summed E-state index contributed by atoms with van der Waals surface area (Å²) >= 11 is 0. The number of aliphatic carboxylic acids is 1. The molecule has 1 heterocycles. The Balaban J connectivity index is 2.94. The maximum absolute atomic E-state index is 11.6. The van der Waals surface area contributed by atoms with Crippen LogP contribution in [0.25, 0.3) is 0 Å². The van der Waals surface area contributed by atoms with E-state index in [9.17, 15) is 9.59 Å². The molecule has 0 aliphatic carbocycles. The molecule has 14 heavy (non-hydrogen) atoms. The number of carbonyl (C=O) groups excluding carboxylic acids is 1. The van der Waals surface area contributed by atoms with Gasteiger partial charge in [0.25, 0.3) is 0 Å². The van der Waals surface area contributed by atoms with Crippen molar-refractivity contribution in [1.29, 1.82) is 0 Å². The van der Waals surface area contributed by atoms with Crippen molar-refractivity contribution in [3.63, 3.8) is 0 Å². The van der Waals surface area contributed by atoms with Crippen LogP contribution in [0.1, 0.15) is 26.7 Å². The molecule has 0 aromatic heterocycles. The van der Waals surface area contributed by atoms with Crippen molar-refractivity contribution in [3.05, 3.63) is 12.2 Å². The van der Waals surface area contributed by atoms with Gasteiger partial charge in [0.2, 0.25) is 5.91 Å². The van der Waals surface area contributed by atoms with Crippen LogP contribution < -0.4 is 0 Å². The van der Waals surface area contributed by atoms with Gasteiger partial charge in [-0.3, -0.25) is 4.79 Å². The number of amides is 1. The second-order valence-corrected chi connectivity index (χ2v) is 3.92. The first kappa shape index (κ1) is 10.8. The fourth-order valence-corrected chi connectivity index (χ4v) is 1.74. The topological polar surface area (TPSA) is 57.6 Å². The summed E-state index contributed by atoms with van der Waals surface area (Å²) in [4.78, 5) is 24.1. The molecule has 1 saturated heterocycles. The largest absolute Gasteiger partial charge is 0.480 e. The minimum absolute atomic E-state index is 0.257. The highest BCUT2D eigenvalue weighted by atomic mass is 16.4. The third-order valence-corrected chi connectivity index (χ3v) is 2.71. The first-order chi connectivity index (χ1) is 6.39. The molecule has 0 bridgehead atoms. The number of carbonyl (C=O) groups is 2. The lowest BCUT2D eigenvalue weighted by atomic mass is 9.99. The summed E-state index contributed by atoms with van der Waals surface area (Å²) in [6.07, 6.45) is 1.25. The Morgan fingerprint density at radius 1 is 1.50 bits per heavy atom. The van der Waals surface area contributed by atoms with Gasteiger partial charge in [-0.25, -0.2) is 4.79 Å². The summed E-state index contributed by atoms with van der Waals surface area (Å²) in [5.74, 6) is -1.20. The van der Waals surface area contributed by atoms with Gasteiger partial charge >= 0.3 is 5.97 Å². The van der Waals surface area contributed by atoms with Crippen LogP contribution in [0.4, 0.5) is 0 Å². The van der Waals surface area contributed by atoms with E-state index in [0.29, 0.717) is 18.5 Å². The molecular formula is C10H15NO3. The standard InChI is InChI=1S/C10H15NO3/c1-7(2)8(12)11-6-4-5-10(11,3)9(13)14/h1,4-6H2,2-3H3,(H,13,14)/t10-/m1/s1. The van der Waals surface area contributed by atoms with Gasteiger partial charge in [0, 0.05) is 12.1 Å². The fraction of sp³-hybridized carbons (Fsp3) is 0.600.